The summed E-state index contributed by atoms with van der Waals surface area (Å²) < 4.78 is 0. The van der Waals surface area contributed by atoms with Gasteiger partial charge in [-0.25, -0.2) is 4.98 Å². The van der Waals surface area contributed by atoms with Gasteiger partial charge in [-0.1, -0.05) is 54.1 Å². The van der Waals surface area contributed by atoms with Crippen LogP contribution < -0.4 is 5.32 Å². The van der Waals surface area contributed by atoms with Crippen LogP contribution in [-0.4, -0.2) is 34.8 Å². The van der Waals surface area contributed by atoms with Crippen molar-refractivity contribution in [2.75, 3.05) is 13.1 Å². The predicted molar refractivity (Wildman–Crippen MR) is 115 cm³/mol. The summed E-state index contributed by atoms with van der Waals surface area (Å²) in [4.78, 5) is 32.7. The number of nitrogens with one attached hydrogen (secondary N) is 1. The molecule has 5 nitrogen and oxygen atoms in total. The van der Waals surface area contributed by atoms with Crippen molar-refractivity contribution in [3.63, 3.8) is 0 Å². The number of aryl methyl sites for hydroxylation is 1. The zero-order valence-corrected chi connectivity index (χ0v) is 17.5. The van der Waals surface area contributed by atoms with Gasteiger partial charge in [0.2, 0.25) is 5.91 Å². The van der Waals surface area contributed by atoms with Crippen LogP contribution in [0.3, 0.4) is 0 Å². The molecule has 7 heteroatoms. The van der Waals surface area contributed by atoms with Crippen molar-refractivity contribution in [1.29, 1.82) is 0 Å². The number of carbonyl (C=O) groups is 2. The van der Waals surface area contributed by atoms with Crippen molar-refractivity contribution in [1.82, 2.24) is 15.2 Å². The van der Waals surface area contributed by atoms with Gasteiger partial charge in [0.05, 0.1) is 18.2 Å². The van der Waals surface area contributed by atoms with E-state index in [9.17, 15) is 9.59 Å². The van der Waals surface area contributed by atoms with Gasteiger partial charge in [0.1, 0.15) is 9.88 Å². The first-order valence-corrected chi connectivity index (χ1v) is 10.6. The Morgan fingerprint density at radius 2 is 2.00 bits per heavy atom. The van der Waals surface area contributed by atoms with Crippen LogP contribution in [0, 0.1) is 6.92 Å². The summed E-state index contributed by atoms with van der Waals surface area (Å²) in [6, 6.07) is 16.8. The number of thiazole rings is 1. The number of nitrogens with zero attached hydrogens (tertiary/aromatic N) is 2. The minimum atomic E-state index is -0.303. The summed E-state index contributed by atoms with van der Waals surface area (Å²) in [5, 5.41) is 4.26. The average molecular weight is 426 g/mol. The normalized spacial score (nSPS) is 17.0. The molecule has 1 aliphatic heterocycles. The molecular weight excluding hydrogens is 406 g/mol. The molecule has 1 atom stereocenters. The minimum Gasteiger partial charge on any atom is -0.354 e. The Morgan fingerprint density at radius 3 is 2.76 bits per heavy atom. The summed E-state index contributed by atoms with van der Waals surface area (Å²) in [7, 11) is 0. The third-order valence-corrected chi connectivity index (χ3v) is 6.37. The topological polar surface area (TPSA) is 62.3 Å². The molecule has 4 rings (SSSR count). The van der Waals surface area contributed by atoms with Gasteiger partial charge in [-0.05, 0) is 24.6 Å². The fourth-order valence-corrected chi connectivity index (χ4v) is 4.72. The molecule has 0 radical (unpaired) electrons. The van der Waals surface area contributed by atoms with Gasteiger partial charge in [0.15, 0.2) is 0 Å². The first-order valence-electron chi connectivity index (χ1n) is 9.39. The highest BCUT2D eigenvalue weighted by Crippen LogP contribution is 2.33. The first kappa shape index (κ1) is 19.6. The lowest BCUT2D eigenvalue weighted by Crippen LogP contribution is -2.36. The Bertz CT molecular complexity index is 1050. The van der Waals surface area contributed by atoms with Crippen LogP contribution in [0.25, 0.3) is 10.6 Å². The quantitative estimate of drug-likeness (QED) is 0.673. The maximum Gasteiger partial charge on any atom is 0.266 e. The maximum atomic E-state index is 13.5. The van der Waals surface area contributed by atoms with Crippen LogP contribution in [0.5, 0.6) is 0 Å². The molecule has 1 N–H and O–H groups in total. The number of halogens is 1. The standard InChI is InChI=1S/C22H20ClN3O2S/c1-14-20(29-21(25-14)16-8-5-9-17(23)12-16)22(28)26-11-10-24-19(27)13-18(26)15-6-3-2-4-7-15/h2-9,12,18H,10-11,13H2,1H3,(H,24,27). The molecule has 2 amide bonds. The van der Waals surface area contributed by atoms with Gasteiger partial charge in [-0.2, -0.15) is 0 Å². The summed E-state index contributed by atoms with van der Waals surface area (Å²) >= 11 is 7.47. The van der Waals surface area contributed by atoms with E-state index in [1.165, 1.54) is 11.3 Å². The van der Waals surface area contributed by atoms with Gasteiger partial charge in [0.25, 0.3) is 5.91 Å². The molecule has 0 spiro atoms. The molecule has 2 aromatic carbocycles. The molecule has 29 heavy (non-hydrogen) atoms. The molecule has 0 bridgehead atoms. The number of benzene rings is 2. The Balaban J connectivity index is 1.69. The monoisotopic (exact) mass is 425 g/mol. The lowest BCUT2D eigenvalue weighted by Gasteiger charge is -2.29. The molecule has 1 aliphatic rings. The number of hydrogen-bond acceptors (Lipinski definition) is 4. The second-order valence-corrected chi connectivity index (χ2v) is 8.36. The molecule has 148 valence electrons. The van der Waals surface area contributed by atoms with E-state index in [1.807, 2.05) is 61.5 Å². The molecule has 0 aliphatic carbocycles. The van der Waals surface area contributed by atoms with E-state index in [1.54, 1.807) is 4.90 Å². The minimum absolute atomic E-state index is 0.0465. The fourth-order valence-electron chi connectivity index (χ4n) is 3.52. The zero-order chi connectivity index (χ0) is 20.4. The molecule has 1 saturated heterocycles. The molecule has 1 unspecified atom stereocenters. The van der Waals surface area contributed by atoms with Crippen LogP contribution in [-0.2, 0) is 4.79 Å². The number of amides is 2. The Morgan fingerprint density at radius 1 is 1.21 bits per heavy atom. The smallest absolute Gasteiger partial charge is 0.266 e. The number of aromatic nitrogens is 1. The van der Waals surface area contributed by atoms with E-state index in [0.717, 1.165) is 16.1 Å². The number of hydrogen-bond donors (Lipinski definition) is 1. The molecular formula is C22H20ClN3O2S. The lowest BCUT2D eigenvalue weighted by molar-refractivity contribution is -0.121. The highest BCUT2D eigenvalue weighted by atomic mass is 35.5. The van der Waals surface area contributed by atoms with Crippen molar-refractivity contribution >= 4 is 34.8 Å². The Labute approximate surface area is 178 Å². The van der Waals surface area contributed by atoms with Crippen LogP contribution in [0.4, 0.5) is 0 Å². The molecule has 3 aromatic rings. The second kappa shape index (κ2) is 8.35. The molecule has 2 heterocycles. The molecule has 0 saturated carbocycles. The van der Waals surface area contributed by atoms with Crippen LogP contribution in [0.1, 0.15) is 33.4 Å². The molecule has 1 aromatic heterocycles. The van der Waals surface area contributed by atoms with Crippen molar-refractivity contribution in [3.8, 4) is 10.6 Å². The van der Waals surface area contributed by atoms with E-state index in [4.69, 9.17) is 11.6 Å². The molecule has 1 fully saturated rings. The van der Waals surface area contributed by atoms with Crippen molar-refractivity contribution < 1.29 is 9.59 Å². The largest absolute Gasteiger partial charge is 0.354 e. The van der Waals surface area contributed by atoms with Gasteiger partial charge >= 0.3 is 0 Å². The summed E-state index contributed by atoms with van der Waals surface area (Å²) in [6.45, 7) is 2.73. The van der Waals surface area contributed by atoms with Gasteiger partial charge < -0.3 is 10.2 Å². The summed E-state index contributed by atoms with van der Waals surface area (Å²) in [5.74, 6) is -0.145. The first-order chi connectivity index (χ1) is 14.0. The number of rotatable bonds is 3. The summed E-state index contributed by atoms with van der Waals surface area (Å²) in [5.41, 5.74) is 2.53. The van der Waals surface area contributed by atoms with Gasteiger partial charge in [-0.15, -0.1) is 11.3 Å². The van der Waals surface area contributed by atoms with Crippen LogP contribution >= 0.6 is 22.9 Å². The third kappa shape index (κ3) is 4.18. The predicted octanol–water partition coefficient (Wildman–Crippen LogP) is 4.48. The third-order valence-electron chi connectivity index (χ3n) is 4.94. The van der Waals surface area contributed by atoms with Gasteiger partial charge in [-0.3, -0.25) is 9.59 Å². The number of carbonyl (C=O) groups excluding carboxylic acids is 2. The van der Waals surface area contributed by atoms with Crippen molar-refractivity contribution in [2.24, 2.45) is 0 Å². The fraction of sp³-hybridized carbons (Fsp3) is 0.227. The highest BCUT2D eigenvalue weighted by Gasteiger charge is 2.32. The van der Waals surface area contributed by atoms with Crippen LogP contribution in [0.15, 0.2) is 54.6 Å². The maximum absolute atomic E-state index is 13.5. The van der Waals surface area contributed by atoms with E-state index < -0.39 is 0 Å². The van der Waals surface area contributed by atoms with Crippen molar-refractivity contribution in [3.05, 3.63) is 75.8 Å². The highest BCUT2D eigenvalue weighted by molar-refractivity contribution is 7.17. The lowest BCUT2D eigenvalue weighted by atomic mass is 10.0. The Hall–Kier alpha value is -2.70. The van der Waals surface area contributed by atoms with Gasteiger partial charge in [0, 0.05) is 23.7 Å². The summed E-state index contributed by atoms with van der Waals surface area (Å²) in [6.07, 6.45) is 0.245. The zero-order valence-electron chi connectivity index (χ0n) is 15.9. The van der Waals surface area contributed by atoms with E-state index >= 15 is 0 Å². The van der Waals surface area contributed by atoms with E-state index in [-0.39, 0.29) is 24.3 Å². The average Bonchev–Trinajstić information content (AvgIpc) is 3.00. The Kier molecular flexibility index (Phi) is 5.65. The van der Waals surface area contributed by atoms with Crippen molar-refractivity contribution in [2.45, 2.75) is 19.4 Å². The SMILES string of the molecule is Cc1nc(-c2cccc(Cl)c2)sc1C(=O)N1CCNC(=O)CC1c1ccccc1. The van der Waals surface area contributed by atoms with E-state index in [0.29, 0.717) is 28.7 Å². The second-order valence-electron chi connectivity index (χ2n) is 6.92. The van der Waals surface area contributed by atoms with Crippen LogP contribution in [0.2, 0.25) is 5.02 Å². The van der Waals surface area contributed by atoms with E-state index in [2.05, 4.69) is 10.3 Å².